The van der Waals surface area contributed by atoms with Crippen LogP contribution < -0.4 is 0 Å². The maximum Gasteiger partial charge on any atom is 0.180 e. The second-order valence-corrected chi connectivity index (χ2v) is 13.8. The first-order valence-electron chi connectivity index (χ1n) is 18.2. The number of hydrogen-bond acceptors (Lipinski definition) is 3. The van der Waals surface area contributed by atoms with Gasteiger partial charge in [-0.2, -0.15) is 0 Å². The van der Waals surface area contributed by atoms with Gasteiger partial charge in [-0.25, -0.2) is 9.97 Å². The summed E-state index contributed by atoms with van der Waals surface area (Å²) in [5, 5.41) is 5.87. The van der Waals surface area contributed by atoms with Gasteiger partial charge in [0.25, 0.3) is 0 Å². The standard InChI is InChI=1S/C50H31N3O/c1-3-11-32(12-4-1)33-19-21-34(22-20-33)47-49-48(52-50(51-47)35-13-5-2-6-14-35)43-31-39(26-28-46(43)54-49)36-23-24-38-30-40(27-25-37(38)29-36)53-44-17-9-7-15-41(44)42-16-8-10-18-45(42)53/h1-31H. The maximum atomic E-state index is 6.59. The molecule has 3 heterocycles. The van der Waals surface area contributed by atoms with Crippen molar-refractivity contribution >= 4 is 54.6 Å². The summed E-state index contributed by atoms with van der Waals surface area (Å²) in [5.41, 5.74) is 13.1. The highest BCUT2D eigenvalue weighted by atomic mass is 16.3. The van der Waals surface area contributed by atoms with Gasteiger partial charge in [-0.1, -0.05) is 146 Å². The molecule has 0 aliphatic carbocycles. The number of furan rings is 1. The van der Waals surface area contributed by atoms with Crippen LogP contribution in [0.3, 0.4) is 0 Å². The van der Waals surface area contributed by atoms with Gasteiger partial charge in [0.05, 0.1) is 11.0 Å². The Morgan fingerprint density at radius 2 is 0.944 bits per heavy atom. The average molecular weight is 690 g/mol. The lowest BCUT2D eigenvalue weighted by Gasteiger charge is -2.10. The van der Waals surface area contributed by atoms with Gasteiger partial charge in [-0.3, -0.25) is 0 Å². The van der Waals surface area contributed by atoms with Crippen molar-refractivity contribution in [3.05, 3.63) is 188 Å². The molecule has 0 aliphatic rings. The van der Waals surface area contributed by atoms with Gasteiger partial charge in [0.1, 0.15) is 16.8 Å². The van der Waals surface area contributed by atoms with Crippen LogP contribution >= 0.6 is 0 Å². The predicted molar refractivity (Wildman–Crippen MR) is 223 cm³/mol. The summed E-state index contributed by atoms with van der Waals surface area (Å²) in [5.74, 6) is 0.670. The Hall–Kier alpha value is -7.30. The molecule has 4 nitrogen and oxygen atoms in total. The third-order valence-corrected chi connectivity index (χ3v) is 10.6. The Labute approximate surface area is 311 Å². The van der Waals surface area contributed by atoms with Crippen LogP contribution in [0.5, 0.6) is 0 Å². The van der Waals surface area contributed by atoms with Gasteiger partial charge >= 0.3 is 0 Å². The number of benzene rings is 8. The Balaban J connectivity index is 1.02. The van der Waals surface area contributed by atoms with Crippen LogP contribution in [0.2, 0.25) is 0 Å². The van der Waals surface area contributed by atoms with E-state index in [9.17, 15) is 0 Å². The summed E-state index contributed by atoms with van der Waals surface area (Å²) in [6.07, 6.45) is 0. The second-order valence-electron chi connectivity index (χ2n) is 13.8. The van der Waals surface area contributed by atoms with E-state index in [1.165, 1.54) is 38.1 Å². The molecule has 0 bridgehead atoms. The Bertz CT molecular complexity index is 3140. The minimum atomic E-state index is 0.670. The fraction of sp³-hybridized carbons (Fsp3) is 0. The van der Waals surface area contributed by atoms with Crippen LogP contribution in [0.4, 0.5) is 0 Å². The van der Waals surface area contributed by atoms with Crippen LogP contribution in [0.25, 0.3) is 105 Å². The van der Waals surface area contributed by atoms with Crippen molar-refractivity contribution in [1.29, 1.82) is 0 Å². The molecule has 0 atom stereocenters. The van der Waals surface area contributed by atoms with E-state index < -0.39 is 0 Å². The summed E-state index contributed by atoms with van der Waals surface area (Å²) >= 11 is 0. The van der Waals surface area contributed by atoms with Crippen molar-refractivity contribution in [3.8, 4) is 50.6 Å². The van der Waals surface area contributed by atoms with Crippen molar-refractivity contribution in [2.45, 2.75) is 0 Å². The SMILES string of the molecule is c1ccc(-c2ccc(-c3nc(-c4ccccc4)nc4c3oc3ccc(-c5ccc6cc(-n7c8ccccc8c8ccccc87)ccc6c5)cc34)cc2)cc1. The third-order valence-electron chi connectivity index (χ3n) is 10.6. The molecule has 0 aliphatic heterocycles. The zero-order valence-electron chi connectivity index (χ0n) is 29.1. The highest BCUT2D eigenvalue weighted by Crippen LogP contribution is 2.39. The fourth-order valence-corrected chi connectivity index (χ4v) is 7.94. The summed E-state index contributed by atoms with van der Waals surface area (Å²) in [4.78, 5) is 10.2. The number of hydrogen-bond donors (Lipinski definition) is 0. The minimum Gasteiger partial charge on any atom is -0.452 e. The van der Waals surface area contributed by atoms with E-state index >= 15 is 0 Å². The first kappa shape index (κ1) is 30.3. The molecule has 0 spiro atoms. The zero-order chi connectivity index (χ0) is 35.6. The molecule has 11 rings (SSSR count). The second kappa shape index (κ2) is 12.1. The molecule has 0 radical (unpaired) electrons. The average Bonchev–Trinajstić information content (AvgIpc) is 3.79. The molecule has 0 fully saturated rings. The number of aromatic nitrogens is 3. The first-order chi connectivity index (χ1) is 26.7. The van der Waals surface area contributed by atoms with Crippen LogP contribution in [0, 0.1) is 0 Å². The largest absolute Gasteiger partial charge is 0.452 e. The molecule has 252 valence electrons. The van der Waals surface area contributed by atoms with Crippen molar-refractivity contribution in [2.75, 3.05) is 0 Å². The molecule has 0 unspecified atom stereocenters. The third kappa shape index (κ3) is 4.92. The van der Waals surface area contributed by atoms with Crippen molar-refractivity contribution < 1.29 is 4.42 Å². The number of para-hydroxylation sites is 2. The van der Waals surface area contributed by atoms with E-state index in [1.807, 2.05) is 24.3 Å². The molecule has 8 aromatic carbocycles. The van der Waals surface area contributed by atoms with Crippen LogP contribution in [0.1, 0.15) is 0 Å². The summed E-state index contributed by atoms with van der Waals surface area (Å²) in [7, 11) is 0. The lowest BCUT2D eigenvalue weighted by Crippen LogP contribution is -1.94. The van der Waals surface area contributed by atoms with Crippen LogP contribution in [-0.4, -0.2) is 14.5 Å². The summed E-state index contributed by atoms with van der Waals surface area (Å²) < 4.78 is 8.96. The molecule has 4 heteroatoms. The van der Waals surface area contributed by atoms with Crippen LogP contribution in [0.15, 0.2) is 192 Å². The fourth-order valence-electron chi connectivity index (χ4n) is 7.94. The lowest BCUT2D eigenvalue weighted by atomic mass is 9.99. The molecule has 0 saturated heterocycles. The monoisotopic (exact) mass is 689 g/mol. The van der Waals surface area contributed by atoms with Gasteiger partial charge in [-0.15, -0.1) is 0 Å². The van der Waals surface area contributed by atoms with Crippen molar-refractivity contribution in [2.24, 2.45) is 0 Å². The minimum absolute atomic E-state index is 0.670. The molecule has 11 aromatic rings. The molecule has 0 N–H and O–H groups in total. The summed E-state index contributed by atoms with van der Waals surface area (Å²) in [6.45, 7) is 0. The van der Waals surface area contributed by atoms with Gasteiger partial charge in [-0.05, 0) is 75.5 Å². The number of rotatable bonds is 5. The van der Waals surface area contributed by atoms with Crippen molar-refractivity contribution in [1.82, 2.24) is 14.5 Å². The van der Waals surface area contributed by atoms with Gasteiger partial charge in [0.2, 0.25) is 0 Å². The normalized spacial score (nSPS) is 11.7. The van der Waals surface area contributed by atoms with E-state index in [2.05, 4.69) is 168 Å². The zero-order valence-corrected chi connectivity index (χ0v) is 29.1. The molecular weight excluding hydrogens is 659 g/mol. The van der Waals surface area contributed by atoms with E-state index in [4.69, 9.17) is 14.4 Å². The Morgan fingerprint density at radius 1 is 0.389 bits per heavy atom. The maximum absolute atomic E-state index is 6.59. The first-order valence-corrected chi connectivity index (χ1v) is 18.2. The Morgan fingerprint density at radius 3 is 1.69 bits per heavy atom. The summed E-state index contributed by atoms with van der Waals surface area (Å²) in [6, 6.07) is 66.3. The number of fused-ring (bicyclic) bond motifs is 7. The van der Waals surface area contributed by atoms with E-state index in [0.717, 1.165) is 55.7 Å². The van der Waals surface area contributed by atoms with Gasteiger partial charge in [0.15, 0.2) is 11.4 Å². The molecule has 3 aromatic heterocycles. The molecule has 0 amide bonds. The van der Waals surface area contributed by atoms with Gasteiger partial charge < -0.3 is 8.98 Å². The van der Waals surface area contributed by atoms with Gasteiger partial charge in [0, 0.05) is 33.0 Å². The highest BCUT2D eigenvalue weighted by molar-refractivity contribution is 6.10. The lowest BCUT2D eigenvalue weighted by molar-refractivity contribution is 0.667. The molecular formula is C50H31N3O. The quantitative estimate of drug-likeness (QED) is 0.181. The topological polar surface area (TPSA) is 43.9 Å². The van der Waals surface area contributed by atoms with Crippen molar-refractivity contribution in [3.63, 3.8) is 0 Å². The molecule has 0 saturated carbocycles. The number of nitrogens with zero attached hydrogens (tertiary/aromatic N) is 3. The van der Waals surface area contributed by atoms with Crippen LogP contribution in [-0.2, 0) is 0 Å². The van der Waals surface area contributed by atoms with E-state index in [1.54, 1.807) is 0 Å². The van der Waals surface area contributed by atoms with E-state index in [-0.39, 0.29) is 0 Å². The highest BCUT2D eigenvalue weighted by Gasteiger charge is 2.19. The Kier molecular flexibility index (Phi) is 6.82. The predicted octanol–water partition coefficient (Wildman–Crippen LogP) is 13.3. The van der Waals surface area contributed by atoms with E-state index in [0.29, 0.717) is 11.4 Å². The smallest absolute Gasteiger partial charge is 0.180 e. The molecule has 54 heavy (non-hydrogen) atoms.